The van der Waals surface area contributed by atoms with E-state index < -0.39 is 0 Å². The predicted octanol–water partition coefficient (Wildman–Crippen LogP) is 3.87. The van der Waals surface area contributed by atoms with Gasteiger partial charge in [0.15, 0.2) is 0 Å². The highest BCUT2D eigenvalue weighted by Crippen LogP contribution is 2.30. The number of carbonyl (C=O) groups is 1. The van der Waals surface area contributed by atoms with Gasteiger partial charge >= 0.3 is 0 Å². The lowest BCUT2D eigenvalue weighted by atomic mass is 9.90. The molecule has 0 radical (unpaired) electrons. The Morgan fingerprint density at radius 2 is 1.96 bits per heavy atom. The van der Waals surface area contributed by atoms with Gasteiger partial charge in [-0.1, -0.05) is 36.4 Å². The molecular formula is C21H21FN2O. The summed E-state index contributed by atoms with van der Waals surface area (Å²) in [5.74, 6) is -0.342. The number of nitrogens with one attached hydrogen (secondary N) is 1. The van der Waals surface area contributed by atoms with E-state index in [0.717, 1.165) is 24.8 Å². The quantitative estimate of drug-likeness (QED) is 0.774. The van der Waals surface area contributed by atoms with Gasteiger partial charge in [-0.05, 0) is 42.5 Å². The lowest BCUT2D eigenvalue weighted by Crippen LogP contribution is -2.41. The van der Waals surface area contributed by atoms with Crippen molar-refractivity contribution in [1.82, 2.24) is 9.88 Å². The third-order valence-corrected chi connectivity index (χ3v) is 5.31. The van der Waals surface area contributed by atoms with Crippen LogP contribution in [0.3, 0.4) is 0 Å². The molecule has 0 bridgehead atoms. The highest BCUT2D eigenvalue weighted by Gasteiger charge is 2.27. The SMILES string of the molecule is CN(C(=O)Cc1ccccc1F)C1CCc2[nH]c3ccccc3c2C1. The van der Waals surface area contributed by atoms with Crippen molar-refractivity contribution in [2.45, 2.75) is 31.7 Å². The molecule has 1 atom stereocenters. The fourth-order valence-electron chi connectivity index (χ4n) is 3.81. The van der Waals surface area contributed by atoms with Crippen LogP contribution in [0.2, 0.25) is 0 Å². The number of H-pyrrole nitrogens is 1. The van der Waals surface area contributed by atoms with E-state index in [0.29, 0.717) is 5.56 Å². The van der Waals surface area contributed by atoms with Crippen molar-refractivity contribution in [2.24, 2.45) is 0 Å². The van der Waals surface area contributed by atoms with Gasteiger partial charge in [0, 0.05) is 29.7 Å². The third-order valence-electron chi connectivity index (χ3n) is 5.31. The Bertz CT molecular complexity index is 931. The van der Waals surface area contributed by atoms with Gasteiger partial charge in [-0.15, -0.1) is 0 Å². The maximum Gasteiger partial charge on any atom is 0.227 e. The van der Waals surface area contributed by atoms with Crippen molar-refractivity contribution < 1.29 is 9.18 Å². The van der Waals surface area contributed by atoms with Crippen LogP contribution in [0.15, 0.2) is 48.5 Å². The number of carbonyl (C=O) groups excluding carboxylic acids is 1. The largest absolute Gasteiger partial charge is 0.358 e. The number of hydrogen-bond donors (Lipinski definition) is 1. The number of fused-ring (bicyclic) bond motifs is 3. The zero-order valence-corrected chi connectivity index (χ0v) is 14.3. The Kier molecular flexibility index (Phi) is 4.04. The first kappa shape index (κ1) is 15.9. The number of hydrogen-bond acceptors (Lipinski definition) is 1. The molecule has 0 spiro atoms. The summed E-state index contributed by atoms with van der Waals surface area (Å²) >= 11 is 0. The fraction of sp³-hybridized carbons (Fsp3) is 0.286. The molecule has 0 saturated heterocycles. The van der Waals surface area contributed by atoms with E-state index in [9.17, 15) is 9.18 Å². The number of aromatic nitrogens is 1. The van der Waals surface area contributed by atoms with E-state index in [4.69, 9.17) is 0 Å². The van der Waals surface area contributed by atoms with Crippen LogP contribution in [-0.4, -0.2) is 28.9 Å². The number of aromatic amines is 1. The highest BCUT2D eigenvalue weighted by atomic mass is 19.1. The van der Waals surface area contributed by atoms with Crippen molar-refractivity contribution in [2.75, 3.05) is 7.05 Å². The Morgan fingerprint density at radius 1 is 1.20 bits per heavy atom. The van der Waals surface area contributed by atoms with Crippen LogP contribution >= 0.6 is 0 Å². The predicted molar refractivity (Wildman–Crippen MR) is 97.0 cm³/mol. The van der Waals surface area contributed by atoms with Crippen molar-refractivity contribution in [1.29, 1.82) is 0 Å². The minimum Gasteiger partial charge on any atom is -0.358 e. The molecule has 1 heterocycles. The summed E-state index contributed by atoms with van der Waals surface area (Å²) in [6, 6.07) is 15.0. The Labute approximate surface area is 146 Å². The summed E-state index contributed by atoms with van der Waals surface area (Å²) in [7, 11) is 1.84. The monoisotopic (exact) mass is 336 g/mol. The molecule has 3 nitrogen and oxygen atoms in total. The summed E-state index contributed by atoms with van der Waals surface area (Å²) in [6.07, 6.45) is 2.82. The van der Waals surface area contributed by atoms with E-state index in [-0.39, 0.29) is 24.2 Å². The number of aryl methyl sites for hydroxylation is 1. The normalized spacial score (nSPS) is 16.6. The van der Waals surface area contributed by atoms with E-state index in [1.54, 1.807) is 23.1 Å². The molecule has 0 aliphatic heterocycles. The van der Waals surface area contributed by atoms with E-state index in [2.05, 4.69) is 17.1 Å². The van der Waals surface area contributed by atoms with Crippen LogP contribution in [0.1, 0.15) is 23.2 Å². The summed E-state index contributed by atoms with van der Waals surface area (Å²) < 4.78 is 13.8. The van der Waals surface area contributed by atoms with Gasteiger partial charge in [-0.3, -0.25) is 4.79 Å². The van der Waals surface area contributed by atoms with Crippen LogP contribution < -0.4 is 0 Å². The van der Waals surface area contributed by atoms with Gasteiger partial charge in [-0.2, -0.15) is 0 Å². The van der Waals surface area contributed by atoms with E-state index in [1.807, 2.05) is 19.2 Å². The van der Waals surface area contributed by atoms with Gasteiger partial charge in [0.25, 0.3) is 0 Å². The van der Waals surface area contributed by atoms with Crippen LogP contribution in [0.4, 0.5) is 4.39 Å². The van der Waals surface area contributed by atoms with E-state index in [1.165, 1.54) is 22.7 Å². The van der Waals surface area contributed by atoms with Crippen LogP contribution in [0.5, 0.6) is 0 Å². The molecule has 25 heavy (non-hydrogen) atoms. The van der Waals surface area contributed by atoms with Gasteiger partial charge in [0.2, 0.25) is 5.91 Å². The molecule has 4 heteroatoms. The van der Waals surface area contributed by atoms with Gasteiger partial charge < -0.3 is 9.88 Å². The van der Waals surface area contributed by atoms with Gasteiger partial charge in [0.05, 0.1) is 6.42 Å². The maximum atomic E-state index is 13.8. The number of halogens is 1. The van der Waals surface area contributed by atoms with Gasteiger partial charge in [-0.25, -0.2) is 4.39 Å². The van der Waals surface area contributed by atoms with Crippen molar-refractivity contribution in [3.05, 3.63) is 71.2 Å². The average Bonchev–Trinajstić information content (AvgIpc) is 3.01. The number of likely N-dealkylation sites (N-methyl/N-ethyl adjacent to an activating group) is 1. The highest BCUT2D eigenvalue weighted by molar-refractivity contribution is 5.85. The Hall–Kier alpha value is -2.62. The minimum atomic E-state index is -0.313. The first-order valence-corrected chi connectivity index (χ1v) is 8.71. The zero-order valence-electron chi connectivity index (χ0n) is 14.3. The topological polar surface area (TPSA) is 36.1 Å². The standard InChI is InChI=1S/C21H21FN2O/c1-24(21(25)12-14-6-2-4-8-18(14)22)15-10-11-20-17(13-15)16-7-3-5-9-19(16)23-20/h2-9,15,23H,10-13H2,1H3. The van der Waals surface area contributed by atoms with Crippen LogP contribution in [-0.2, 0) is 24.1 Å². The summed E-state index contributed by atoms with van der Waals surface area (Å²) in [6.45, 7) is 0. The molecule has 0 fully saturated rings. The first-order valence-electron chi connectivity index (χ1n) is 8.71. The number of benzene rings is 2. The van der Waals surface area contributed by atoms with Crippen LogP contribution in [0.25, 0.3) is 10.9 Å². The van der Waals surface area contributed by atoms with E-state index >= 15 is 0 Å². The summed E-state index contributed by atoms with van der Waals surface area (Å²) in [4.78, 5) is 17.9. The molecule has 0 saturated carbocycles. The maximum absolute atomic E-state index is 13.8. The van der Waals surface area contributed by atoms with Gasteiger partial charge in [0.1, 0.15) is 5.82 Å². The molecule has 2 aromatic carbocycles. The van der Waals surface area contributed by atoms with Crippen molar-refractivity contribution in [3.8, 4) is 0 Å². The molecule has 1 aliphatic rings. The molecule has 3 aromatic rings. The molecule has 1 aliphatic carbocycles. The molecule has 1 aromatic heterocycles. The van der Waals surface area contributed by atoms with Crippen molar-refractivity contribution in [3.63, 3.8) is 0 Å². The average molecular weight is 336 g/mol. The lowest BCUT2D eigenvalue weighted by Gasteiger charge is -2.31. The number of rotatable bonds is 3. The zero-order chi connectivity index (χ0) is 17.4. The fourth-order valence-corrected chi connectivity index (χ4v) is 3.81. The Balaban J connectivity index is 1.52. The molecule has 128 valence electrons. The Morgan fingerprint density at radius 3 is 2.80 bits per heavy atom. The van der Waals surface area contributed by atoms with Crippen LogP contribution in [0, 0.1) is 5.82 Å². The molecule has 1 amide bonds. The van der Waals surface area contributed by atoms with Crippen molar-refractivity contribution >= 4 is 16.8 Å². The minimum absolute atomic E-state index is 0.0293. The summed E-state index contributed by atoms with van der Waals surface area (Å²) in [5.41, 5.74) is 4.22. The molecule has 1 N–H and O–H groups in total. The lowest BCUT2D eigenvalue weighted by molar-refractivity contribution is -0.131. The molecular weight excluding hydrogens is 315 g/mol. The number of amides is 1. The molecule has 4 rings (SSSR count). The second kappa shape index (κ2) is 6.36. The number of para-hydroxylation sites is 1. The smallest absolute Gasteiger partial charge is 0.227 e. The molecule has 1 unspecified atom stereocenters. The summed E-state index contributed by atoms with van der Waals surface area (Å²) in [5, 5.41) is 1.25. The first-order chi connectivity index (χ1) is 12.1. The second-order valence-corrected chi connectivity index (χ2v) is 6.80. The third kappa shape index (κ3) is 2.93. The number of nitrogens with zero attached hydrogens (tertiary/aromatic N) is 1. The second-order valence-electron chi connectivity index (χ2n) is 6.80.